The molecule has 6 nitrogen and oxygen atoms in total. The third-order valence-corrected chi connectivity index (χ3v) is 5.40. The largest absolute Gasteiger partial charge is 0.348 e. The molecule has 0 atom stereocenters. The van der Waals surface area contributed by atoms with Crippen LogP contribution in [0.2, 0.25) is 0 Å². The maximum atomic E-state index is 13.1. The van der Waals surface area contributed by atoms with Crippen molar-refractivity contribution in [3.8, 4) is 0 Å². The molecule has 0 aliphatic rings. The molecular weight excluding hydrogens is 393 g/mol. The van der Waals surface area contributed by atoms with Crippen molar-refractivity contribution in [1.29, 1.82) is 0 Å². The Bertz CT molecular complexity index is 1070. The molecule has 0 radical (unpaired) electrons. The summed E-state index contributed by atoms with van der Waals surface area (Å²) in [5.74, 6) is -0.653. The Kier molecular flexibility index (Phi) is 6.23. The molecule has 1 N–H and O–H groups in total. The molecule has 0 saturated carbocycles. The molecule has 3 aromatic rings. The van der Waals surface area contributed by atoms with Crippen LogP contribution in [-0.4, -0.2) is 25.6 Å². The lowest BCUT2D eigenvalue weighted by atomic mass is 10.1. The number of anilines is 1. The second kappa shape index (κ2) is 8.83. The molecule has 2 aromatic carbocycles. The summed E-state index contributed by atoms with van der Waals surface area (Å²) in [7, 11) is -3.57. The van der Waals surface area contributed by atoms with Crippen molar-refractivity contribution < 1.29 is 17.6 Å². The summed E-state index contributed by atoms with van der Waals surface area (Å²) in [6.45, 7) is 0.426. The fourth-order valence-corrected chi connectivity index (χ4v) is 3.61. The first-order valence-electron chi connectivity index (χ1n) is 8.82. The second-order valence-corrected chi connectivity index (χ2v) is 8.39. The highest BCUT2D eigenvalue weighted by molar-refractivity contribution is 7.92. The Morgan fingerprint density at radius 2 is 1.59 bits per heavy atom. The number of rotatable bonds is 7. The van der Waals surface area contributed by atoms with Gasteiger partial charge in [0.1, 0.15) is 5.82 Å². The summed E-state index contributed by atoms with van der Waals surface area (Å²) in [5.41, 5.74) is 2.41. The molecule has 0 unspecified atom stereocenters. The van der Waals surface area contributed by atoms with E-state index in [2.05, 4.69) is 10.3 Å². The number of hydrogen-bond donors (Lipinski definition) is 1. The van der Waals surface area contributed by atoms with Gasteiger partial charge in [-0.05, 0) is 59.7 Å². The Hall–Kier alpha value is -3.26. The molecule has 150 valence electrons. The number of carbonyl (C=O) groups is 1. The van der Waals surface area contributed by atoms with Gasteiger partial charge in [-0.15, -0.1) is 0 Å². The van der Waals surface area contributed by atoms with Gasteiger partial charge < -0.3 is 5.32 Å². The number of carbonyl (C=O) groups excluding carboxylic acids is 1. The Labute approximate surface area is 169 Å². The minimum atomic E-state index is -3.57. The maximum Gasteiger partial charge on any atom is 0.251 e. The van der Waals surface area contributed by atoms with Crippen LogP contribution < -0.4 is 9.62 Å². The molecule has 0 spiro atoms. The van der Waals surface area contributed by atoms with Crippen molar-refractivity contribution in [3.63, 3.8) is 0 Å². The Balaban J connectivity index is 1.73. The van der Waals surface area contributed by atoms with Crippen LogP contribution in [0.15, 0.2) is 73.1 Å². The fourth-order valence-electron chi connectivity index (χ4n) is 2.72. The fraction of sp³-hybridized carbons (Fsp3) is 0.143. The van der Waals surface area contributed by atoms with E-state index in [1.54, 1.807) is 36.7 Å². The van der Waals surface area contributed by atoms with E-state index in [0.717, 1.165) is 11.8 Å². The lowest BCUT2D eigenvalue weighted by Gasteiger charge is -2.22. The number of nitrogens with one attached hydrogen (secondary N) is 1. The number of benzene rings is 2. The quantitative estimate of drug-likeness (QED) is 0.646. The lowest BCUT2D eigenvalue weighted by Crippen LogP contribution is -2.29. The maximum absolute atomic E-state index is 13.1. The summed E-state index contributed by atoms with van der Waals surface area (Å²) in [6, 6.07) is 15.5. The first-order valence-corrected chi connectivity index (χ1v) is 10.7. The number of amides is 1. The lowest BCUT2D eigenvalue weighted by molar-refractivity contribution is 0.0951. The van der Waals surface area contributed by atoms with Crippen molar-refractivity contribution in [3.05, 3.63) is 95.6 Å². The number of hydrogen-bond acceptors (Lipinski definition) is 4. The molecule has 3 rings (SSSR count). The molecule has 1 aromatic heterocycles. The second-order valence-electron chi connectivity index (χ2n) is 6.48. The number of pyridine rings is 1. The monoisotopic (exact) mass is 413 g/mol. The van der Waals surface area contributed by atoms with Gasteiger partial charge in [-0.2, -0.15) is 0 Å². The first kappa shape index (κ1) is 20.5. The summed E-state index contributed by atoms with van der Waals surface area (Å²) in [5, 5.41) is 2.81. The SMILES string of the molecule is CS(=O)(=O)N(Cc1ccc(F)cc1)c1ccc(C(=O)NCc2ccncc2)cc1. The van der Waals surface area contributed by atoms with Crippen LogP contribution in [0.3, 0.4) is 0 Å². The minimum absolute atomic E-state index is 0.0622. The van der Waals surface area contributed by atoms with E-state index in [1.165, 1.54) is 28.6 Å². The van der Waals surface area contributed by atoms with Crippen LogP contribution in [0, 0.1) is 5.82 Å². The molecular formula is C21H20FN3O3S. The molecule has 0 aliphatic carbocycles. The van der Waals surface area contributed by atoms with Gasteiger partial charge in [0.25, 0.3) is 5.91 Å². The predicted molar refractivity (Wildman–Crippen MR) is 109 cm³/mol. The van der Waals surface area contributed by atoms with E-state index in [-0.39, 0.29) is 18.3 Å². The van der Waals surface area contributed by atoms with E-state index in [9.17, 15) is 17.6 Å². The van der Waals surface area contributed by atoms with Gasteiger partial charge in [-0.3, -0.25) is 14.1 Å². The van der Waals surface area contributed by atoms with Gasteiger partial charge in [0.15, 0.2) is 0 Å². The number of halogens is 1. The molecule has 0 fully saturated rings. The summed E-state index contributed by atoms with van der Waals surface area (Å²) in [6.07, 6.45) is 4.40. The van der Waals surface area contributed by atoms with Gasteiger partial charge in [0.05, 0.1) is 18.5 Å². The molecule has 0 saturated heterocycles. The smallest absolute Gasteiger partial charge is 0.251 e. The average Bonchev–Trinajstić information content (AvgIpc) is 2.71. The van der Waals surface area contributed by atoms with Crippen LogP contribution in [0.1, 0.15) is 21.5 Å². The molecule has 0 aliphatic heterocycles. The molecule has 1 amide bonds. The van der Waals surface area contributed by atoms with Crippen molar-refractivity contribution in [2.45, 2.75) is 13.1 Å². The zero-order valence-corrected chi connectivity index (χ0v) is 16.6. The molecule has 8 heteroatoms. The number of aromatic nitrogens is 1. The third kappa shape index (κ3) is 5.61. The van der Waals surface area contributed by atoms with Crippen molar-refractivity contribution in [2.24, 2.45) is 0 Å². The zero-order valence-electron chi connectivity index (χ0n) is 15.7. The van der Waals surface area contributed by atoms with Gasteiger partial charge >= 0.3 is 0 Å². The topological polar surface area (TPSA) is 79.4 Å². The average molecular weight is 413 g/mol. The van der Waals surface area contributed by atoms with Crippen molar-refractivity contribution in [1.82, 2.24) is 10.3 Å². The van der Waals surface area contributed by atoms with Gasteiger partial charge in [-0.1, -0.05) is 12.1 Å². The normalized spacial score (nSPS) is 11.1. The summed E-state index contributed by atoms with van der Waals surface area (Å²) < 4.78 is 38.8. The van der Waals surface area contributed by atoms with Gasteiger partial charge in [0.2, 0.25) is 10.0 Å². The van der Waals surface area contributed by atoms with Crippen molar-refractivity contribution >= 4 is 21.6 Å². The minimum Gasteiger partial charge on any atom is -0.348 e. The Morgan fingerprint density at radius 1 is 0.966 bits per heavy atom. The van der Waals surface area contributed by atoms with Gasteiger partial charge in [-0.25, -0.2) is 12.8 Å². The number of sulfonamides is 1. The standard InChI is InChI=1S/C21H20FN3O3S/c1-29(27,28)25(15-17-2-6-19(22)7-3-17)20-8-4-18(5-9-20)21(26)24-14-16-10-12-23-13-11-16/h2-13H,14-15H2,1H3,(H,24,26). The van der Waals surface area contributed by atoms with Crippen LogP contribution in [0.5, 0.6) is 0 Å². The highest BCUT2D eigenvalue weighted by Gasteiger charge is 2.18. The first-order chi connectivity index (χ1) is 13.8. The molecule has 0 bridgehead atoms. The van der Waals surface area contributed by atoms with Gasteiger partial charge in [0, 0.05) is 24.5 Å². The van der Waals surface area contributed by atoms with Crippen LogP contribution >= 0.6 is 0 Å². The summed E-state index contributed by atoms with van der Waals surface area (Å²) >= 11 is 0. The van der Waals surface area contributed by atoms with E-state index >= 15 is 0 Å². The van der Waals surface area contributed by atoms with Crippen molar-refractivity contribution in [2.75, 3.05) is 10.6 Å². The molecule has 29 heavy (non-hydrogen) atoms. The Morgan fingerprint density at radius 3 is 2.17 bits per heavy atom. The number of nitrogens with zero attached hydrogens (tertiary/aromatic N) is 2. The zero-order chi connectivity index (χ0) is 20.9. The van der Waals surface area contributed by atoms with E-state index in [1.807, 2.05) is 12.1 Å². The summed E-state index contributed by atoms with van der Waals surface area (Å²) in [4.78, 5) is 16.3. The molecule has 1 heterocycles. The predicted octanol–water partition coefficient (Wildman–Crippen LogP) is 3.12. The van der Waals surface area contributed by atoms with Crippen LogP contribution in [0.25, 0.3) is 0 Å². The highest BCUT2D eigenvalue weighted by atomic mass is 32.2. The van der Waals surface area contributed by atoms with Crippen LogP contribution in [-0.2, 0) is 23.1 Å². The highest BCUT2D eigenvalue weighted by Crippen LogP contribution is 2.21. The van der Waals surface area contributed by atoms with E-state index in [0.29, 0.717) is 23.4 Å². The third-order valence-electron chi connectivity index (χ3n) is 4.26. The van der Waals surface area contributed by atoms with E-state index in [4.69, 9.17) is 0 Å². The van der Waals surface area contributed by atoms with E-state index < -0.39 is 10.0 Å². The van der Waals surface area contributed by atoms with Crippen LogP contribution in [0.4, 0.5) is 10.1 Å².